The number of rotatable bonds is 3. The number of hydrogen-bond acceptors (Lipinski definition) is 2. The van der Waals surface area contributed by atoms with Crippen molar-refractivity contribution in [1.29, 1.82) is 0 Å². The molecule has 98 valence electrons. The van der Waals surface area contributed by atoms with Crippen LogP contribution in [-0.4, -0.2) is 37.7 Å². The Labute approximate surface area is 108 Å². The Bertz CT molecular complexity index is 435. The molecule has 0 N–H and O–H groups in total. The van der Waals surface area contributed by atoms with Gasteiger partial charge in [-0.2, -0.15) is 0 Å². The molecule has 2 aliphatic rings. The van der Waals surface area contributed by atoms with E-state index >= 15 is 0 Å². The zero-order valence-corrected chi connectivity index (χ0v) is 10.9. The molecular formula is C15H20FNO. The summed E-state index contributed by atoms with van der Waals surface area (Å²) in [5.41, 5.74) is 2.61. The highest BCUT2D eigenvalue weighted by molar-refractivity contribution is 5.36. The number of aryl methyl sites for hydroxylation is 1. The number of halogens is 1. The van der Waals surface area contributed by atoms with Crippen molar-refractivity contribution >= 4 is 0 Å². The Hall–Kier alpha value is -0.930. The fraction of sp³-hybridized carbons (Fsp3) is 0.600. The Balaban J connectivity index is 1.80. The molecule has 0 spiro atoms. The average molecular weight is 249 g/mol. The number of fused-ring (bicyclic) bond motifs is 3. The smallest absolute Gasteiger partial charge is 0.123 e. The van der Waals surface area contributed by atoms with Crippen molar-refractivity contribution in [3.8, 4) is 0 Å². The van der Waals surface area contributed by atoms with Crippen LogP contribution >= 0.6 is 0 Å². The molecule has 1 fully saturated rings. The zero-order valence-electron chi connectivity index (χ0n) is 10.9. The van der Waals surface area contributed by atoms with E-state index in [1.165, 1.54) is 17.5 Å². The van der Waals surface area contributed by atoms with Gasteiger partial charge in [0.1, 0.15) is 5.82 Å². The van der Waals surface area contributed by atoms with Crippen LogP contribution in [0.15, 0.2) is 18.2 Å². The molecule has 3 heteroatoms. The van der Waals surface area contributed by atoms with Crippen molar-refractivity contribution in [3.63, 3.8) is 0 Å². The second kappa shape index (κ2) is 4.98. The molecule has 0 radical (unpaired) electrons. The van der Waals surface area contributed by atoms with E-state index in [0.717, 1.165) is 32.5 Å². The summed E-state index contributed by atoms with van der Waals surface area (Å²) in [6.45, 7) is 2.98. The van der Waals surface area contributed by atoms with E-state index < -0.39 is 0 Å². The van der Waals surface area contributed by atoms with Gasteiger partial charge in [-0.25, -0.2) is 4.39 Å². The maximum absolute atomic E-state index is 13.3. The molecule has 1 aliphatic carbocycles. The lowest BCUT2D eigenvalue weighted by Gasteiger charge is -2.33. The van der Waals surface area contributed by atoms with E-state index in [0.29, 0.717) is 12.0 Å². The van der Waals surface area contributed by atoms with Gasteiger partial charge in [-0.05, 0) is 49.1 Å². The quantitative estimate of drug-likeness (QED) is 0.816. The molecule has 3 rings (SSSR count). The van der Waals surface area contributed by atoms with Crippen molar-refractivity contribution < 1.29 is 9.13 Å². The normalized spacial score (nSPS) is 27.0. The van der Waals surface area contributed by atoms with Gasteiger partial charge < -0.3 is 4.74 Å². The van der Waals surface area contributed by atoms with Gasteiger partial charge in [-0.3, -0.25) is 4.90 Å². The third-order valence-electron chi connectivity index (χ3n) is 4.46. The highest BCUT2D eigenvalue weighted by atomic mass is 19.1. The van der Waals surface area contributed by atoms with E-state index in [4.69, 9.17) is 4.74 Å². The summed E-state index contributed by atoms with van der Waals surface area (Å²) in [6, 6.07) is 5.97. The van der Waals surface area contributed by atoms with Crippen molar-refractivity contribution in [2.45, 2.75) is 31.2 Å². The van der Waals surface area contributed by atoms with E-state index in [1.807, 2.05) is 6.07 Å². The molecule has 0 saturated carbocycles. The van der Waals surface area contributed by atoms with Crippen LogP contribution in [0.1, 0.15) is 29.9 Å². The molecule has 1 heterocycles. The second-order valence-corrected chi connectivity index (χ2v) is 5.37. The van der Waals surface area contributed by atoms with Crippen LogP contribution in [0.25, 0.3) is 0 Å². The minimum Gasteiger partial charge on any atom is -0.383 e. The summed E-state index contributed by atoms with van der Waals surface area (Å²) in [7, 11) is 1.76. The number of nitrogens with zero attached hydrogens (tertiary/aromatic N) is 1. The summed E-state index contributed by atoms with van der Waals surface area (Å²) in [4.78, 5) is 2.54. The highest BCUT2D eigenvalue weighted by Crippen LogP contribution is 2.41. The largest absolute Gasteiger partial charge is 0.383 e. The molecule has 2 nitrogen and oxygen atoms in total. The Morgan fingerprint density at radius 2 is 2.28 bits per heavy atom. The van der Waals surface area contributed by atoms with Gasteiger partial charge >= 0.3 is 0 Å². The molecule has 0 bridgehead atoms. The van der Waals surface area contributed by atoms with Crippen molar-refractivity contribution in [3.05, 3.63) is 35.1 Å². The van der Waals surface area contributed by atoms with E-state index in [1.54, 1.807) is 19.2 Å². The predicted octanol–water partition coefficient (Wildman–Crippen LogP) is 2.58. The van der Waals surface area contributed by atoms with Crippen molar-refractivity contribution in [1.82, 2.24) is 4.90 Å². The summed E-state index contributed by atoms with van der Waals surface area (Å²) in [5, 5.41) is 0. The monoisotopic (exact) mass is 249 g/mol. The average Bonchev–Trinajstić information content (AvgIpc) is 2.79. The molecule has 1 aliphatic heterocycles. The molecule has 18 heavy (non-hydrogen) atoms. The predicted molar refractivity (Wildman–Crippen MR) is 69.3 cm³/mol. The SMILES string of the molecule is COCCN1CCC2c3ccc(F)cc3CCC21. The third kappa shape index (κ3) is 2.06. The first-order chi connectivity index (χ1) is 8.79. The number of ether oxygens (including phenoxy) is 1. The molecule has 1 aromatic carbocycles. The number of benzene rings is 1. The van der Waals surface area contributed by atoms with Gasteiger partial charge in [-0.1, -0.05) is 6.07 Å². The first-order valence-corrected chi connectivity index (χ1v) is 6.81. The van der Waals surface area contributed by atoms with E-state index in [-0.39, 0.29) is 5.82 Å². The number of likely N-dealkylation sites (tertiary alicyclic amines) is 1. The third-order valence-corrected chi connectivity index (χ3v) is 4.46. The van der Waals surface area contributed by atoms with Gasteiger partial charge in [-0.15, -0.1) is 0 Å². The fourth-order valence-electron chi connectivity index (χ4n) is 3.61. The van der Waals surface area contributed by atoms with Gasteiger partial charge in [0.05, 0.1) is 6.61 Å². The standard InChI is InChI=1S/C15H20FNO/c1-18-9-8-17-7-6-14-13-4-3-12(16)10-11(13)2-5-15(14)17/h3-4,10,14-15H,2,5-9H2,1H3. The first-order valence-electron chi connectivity index (χ1n) is 6.81. The van der Waals surface area contributed by atoms with Crippen LogP contribution in [0.2, 0.25) is 0 Å². The maximum atomic E-state index is 13.3. The maximum Gasteiger partial charge on any atom is 0.123 e. The lowest BCUT2D eigenvalue weighted by Crippen LogP contribution is -2.37. The molecular weight excluding hydrogens is 229 g/mol. The lowest BCUT2D eigenvalue weighted by molar-refractivity contribution is 0.134. The summed E-state index contributed by atoms with van der Waals surface area (Å²) >= 11 is 0. The van der Waals surface area contributed by atoms with Crippen molar-refractivity contribution in [2.75, 3.05) is 26.8 Å². The Kier molecular flexibility index (Phi) is 3.35. The van der Waals surface area contributed by atoms with Crippen LogP contribution in [0, 0.1) is 5.82 Å². The van der Waals surface area contributed by atoms with E-state index in [9.17, 15) is 4.39 Å². The second-order valence-electron chi connectivity index (χ2n) is 5.37. The van der Waals surface area contributed by atoms with Gasteiger partial charge in [0.25, 0.3) is 0 Å². The topological polar surface area (TPSA) is 12.5 Å². The zero-order chi connectivity index (χ0) is 12.5. The van der Waals surface area contributed by atoms with Gasteiger partial charge in [0.2, 0.25) is 0 Å². The minimum absolute atomic E-state index is 0.0959. The van der Waals surface area contributed by atoms with Crippen LogP contribution in [-0.2, 0) is 11.2 Å². The van der Waals surface area contributed by atoms with Gasteiger partial charge in [0, 0.05) is 25.6 Å². The summed E-state index contributed by atoms with van der Waals surface area (Å²) in [5.74, 6) is 0.507. The Morgan fingerprint density at radius 3 is 3.11 bits per heavy atom. The molecule has 2 atom stereocenters. The van der Waals surface area contributed by atoms with Crippen LogP contribution < -0.4 is 0 Å². The lowest BCUT2D eigenvalue weighted by atomic mass is 9.79. The number of methoxy groups -OCH3 is 1. The fourth-order valence-corrected chi connectivity index (χ4v) is 3.61. The van der Waals surface area contributed by atoms with Crippen LogP contribution in [0.3, 0.4) is 0 Å². The van der Waals surface area contributed by atoms with E-state index in [2.05, 4.69) is 4.90 Å². The number of hydrogen-bond donors (Lipinski definition) is 0. The minimum atomic E-state index is -0.0959. The molecule has 1 aromatic rings. The molecule has 1 saturated heterocycles. The van der Waals surface area contributed by atoms with Gasteiger partial charge in [0.15, 0.2) is 0 Å². The van der Waals surface area contributed by atoms with Crippen molar-refractivity contribution in [2.24, 2.45) is 0 Å². The van der Waals surface area contributed by atoms with Crippen LogP contribution in [0.4, 0.5) is 4.39 Å². The van der Waals surface area contributed by atoms with Crippen LogP contribution in [0.5, 0.6) is 0 Å². The summed E-state index contributed by atoms with van der Waals surface area (Å²) < 4.78 is 18.4. The summed E-state index contributed by atoms with van der Waals surface area (Å²) in [6.07, 6.45) is 3.37. The molecule has 0 aromatic heterocycles. The highest BCUT2D eigenvalue weighted by Gasteiger charge is 2.38. The first kappa shape index (κ1) is 12.1. The molecule has 2 unspecified atom stereocenters. The molecule has 0 amide bonds. The Morgan fingerprint density at radius 1 is 1.39 bits per heavy atom.